The number of hydrogen-bond acceptors (Lipinski definition) is 3. The van der Waals surface area contributed by atoms with Crippen molar-refractivity contribution in [2.75, 3.05) is 32.1 Å². The Bertz CT molecular complexity index is 354. The van der Waals surface area contributed by atoms with Gasteiger partial charge in [-0.2, -0.15) is 0 Å². The lowest BCUT2D eigenvalue weighted by molar-refractivity contribution is 0.257. The molecule has 0 spiro atoms. The molecule has 1 aromatic heterocycles. The molecule has 0 aromatic carbocycles. The van der Waals surface area contributed by atoms with Crippen molar-refractivity contribution in [2.45, 2.75) is 18.9 Å². The fraction of sp³-hybridized carbons (Fsp3) is 0.583. The molecule has 0 radical (unpaired) electrons. The van der Waals surface area contributed by atoms with Gasteiger partial charge in [0.25, 0.3) is 0 Å². The first kappa shape index (κ1) is 11.9. The molecule has 1 fully saturated rings. The second-order valence-electron chi connectivity index (χ2n) is 4.52. The highest BCUT2D eigenvalue weighted by molar-refractivity contribution is 9.10. The molecule has 0 amide bonds. The fourth-order valence-electron chi connectivity index (χ4n) is 2.16. The molecule has 1 aliphatic heterocycles. The Hall–Kier alpha value is -0.610. The summed E-state index contributed by atoms with van der Waals surface area (Å²) in [6, 6.07) is 6.75. The highest BCUT2D eigenvalue weighted by Gasteiger charge is 2.22. The number of anilines is 1. The average molecular weight is 284 g/mol. The molecule has 2 heterocycles. The van der Waals surface area contributed by atoms with Crippen molar-refractivity contribution in [2.24, 2.45) is 0 Å². The van der Waals surface area contributed by atoms with Crippen molar-refractivity contribution in [3.8, 4) is 0 Å². The number of nitrogens with zero attached hydrogens (tertiary/aromatic N) is 3. The zero-order chi connectivity index (χ0) is 11.5. The van der Waals surface area contributed by atoms with Crippen molar-refractivity contribution in [1.82, 2.24) is 9.88 Å². The van der Waals surface area contributed by atoms with Gasteiger partial charge in [-0.25, -0.2) is 4.98 Å². The van der Waals surface area contributed by atoms with E-state index in [1.807, 2.05) is 12.1 Å². The van der Waals surface area contributed by atoms with Gasteiger partial charge in [0, 0.05) is 19.1 Å². The van der Waals surface area contributed by atoms with Gasteiger partial charge in [0.2, 0.25) is 0 Å². The van der Waals surface area contributed by atoms with Gasteiger partial charge in [-0.1, -0.05) is 6.07 Å². The highest BCUT2D eigenvalue weighted by Crippen LogP contribution is 2.21. The van der Waals surface area contributed by atoms with Crippen LogP contribution in [-0.2, 0) is 0 Å². The number of pyridine rings is 1. The molecule has 0 N–H and O–H groups in total. The lowest BCUT2D eigenvalue weighted by Crippen LogP contribution is -2.45. The van der Waals surface area contributed by atoms with E-state index in [0.717, 1.165) is 23.5 Å². The van der Waals surface area contributed by atoms with Crippen LogP contribution in [0.2, 0.25) is 0 Å². The molecule has 4 heteroatoms. The van der Waals surface area contributed by atoms with Crippen molar-refractivity contribution >= 4 is 21.7 Å². The van der Waals surface area contributed by atoms with Crippen LogP contribution < -0.4 is 4.90 Å². The van der Waals surface area contributed by atoms with E-state index in [-0.39, 0.29) is 0 Å². The zero-order valence-electron chi connectivity index (χ0n) is 9.86. The predicted octanol–water partition coefficient (Wildman–Crippen LogP) is 2.37. The minimum atomic E-state index is 0.648. The fourth-order valence-corrected chi connectivity index (χ4v) is 2.49. The molecule has 0 bridgehead atoms. The molecular weight excluding hydrogens is 266 g/mol. The van der Waals surface area contributed by atoms with E-state index in [1.54, 1.807) is 0 Å². The Kier molecular flexibility index (Phi) is 3.82. The van der Waals surface area contributed by atoms with Gasteiger partial charge in [0.05, 0.1) is 0 Å². The van der Waals surface area contributed by atoms with Crippen molar-refractivity contribution < 1.29 is 0 Å². The SMILES string of the molecule is CN(C)C1CCCN(c2cccc(Br)n2)C1. The van der Waals surface area contributed by atoms with Crippen LogP contribution in [0.4, 0.5) is 5.82 Å². The molecule has 1 aliphatic rings. The van der Waals surface area contributed by atoms with E-state index in [2.05, 4.69) is 50.9 Å². The first-order valence-electron chi connectivity index (χ1n) is 5.71. The Morgan fingerprint density at radius 2 is 2.25 bits per heavy atom. The Balaban J connectivity index is 2.09. The van der Waals surface area contributed by atoms with E-state index < -0.39 is 0 Å². The van der Waals surface area contributed by atoms with Crippen molar-refractivity contribution in [3.05, 3.63) is 22.8 Å². The van der Waals surface area contributed by atoms with Crippen LogP contribution in [-0.4, -0.2) is 43.1 Å². The van der Waals surface area contributed by atoms with Crippen LogP contribution in [0.25, 0.3) is 0 Å². The lowest BCUT2D eigenvalue weighted by Gasteiger charge is -2.36. The molecule has 2 rings (SSSR count). The van der Waals surface area contributed by atoms with Crippen LogP contribution in [0.3, 0.4) is 0 Å². The minimum absolute atomic E-state index is 0.648. The number of halogens is 1. The first-order chi connectivity index (χ1) is 7.66. The van der Waals surface area contributed by atoms with E-state index in [4.69, 9.17) is 0 Å². The highest BCUT2D eigenvalue weighted by atomic mass is 79.9. The molecular formula is C12H18BrN3. The molecule has 16 heavy (non-hydrogen) atoms. The Morgan fingerprint density at radius 1 is 1.44 bits per heavy atom. The van der Waals surface area contributed by atoms with Crippen LogP contribution >= 0.6 is 15.9 Å². The molecule has 0 saturated carbocycles. The minimum Gasteiger partial charge on any atom is -0.355 e. The topological polar surface area (TPSA) is 19.4 Å². The largest absolute Gasteiger partial charge is 0.355 e. The summed E-state index contributed by atoms with van der Waals surface area (Å²) in [5, 5.41) is 0. The monoisotopic (exact) mass is 283 g/mol. The summed E-state index contributed by atoms with van der Waals surface area (Å²) in [4.78, 5) is 9.20. The zero-order valence-corrected chi connectivity index (χ0v) is 11.4. The summed E-state index contributed by atoms with van der Waals surface area (Å²) in [5.41, 5.74) is 0. The molecule has 1 unspecified atom stereocenters. The van der Waals surface area contributed by atoms with Crippen LogP contribution in [0, 0.1) is 0 Å². The van der Waals surface area contributed by atoms with Gasteiger partial charge in [-0.15, -0.1) is 0 Å². The normalized spacial score (nSPS) is 21.5. The maximum Gasteiger partial charge on any atom is 0.129 e. The molecule has 88 valence electrons. The van der Waals surface area contributed by atoms with Gasteiger partial charge in [0.15, 0.2) is 0 Å². The number of likely N-dealkylation sites (N-methyl/N-ethyl adjacent to an activating group) is 1. The second-order valence-corrected chi connectivity index (χ2v) is 5.34. The van der Waals surface area contributed by atoms with Gasteiger partial charge in [-0.05, 0) is 55.0 Å². The summed E-state index contributed by atoms with van der Waals surface area (Å²) in [6.45, 7) is 2.20. The van der Waals surface area contributed by atoms with Crippen LogP contribution in [0.1, 0.15) is 12.8 Å². The maximum absolute atomic E-state index is 4.51. The van der Waals surface area contributed by atoms with Crippen molar-refractivity contribution in [1.29, 1.82) is 0 Å². The van der Waals surface area contributed by atoms with E-state index in [9.17, 15) is 0 Å². The summed E-state index contributed by atoms with van der Waals surface area (Å²) in [5.74, 6) is 1.08. The molecule has 1 aromatic rings. The van der Waals surface area contributed by atoms with Gasteiger partial charge < -0.3 is 9.80 Å². The number of rotatable bonds is 2. The smallest absolute Gasteiger partial charge is 0.129 e. The molecule has 0 aliphatic carbocycles. The summed E-state index contributed by atoms with van der Waals surface area (Å²) in [6.07, 6.45) is 2.54. The number of hydrogen-bond donors (Lipinski definition) is 0. The van der Waals surface area contributed by atoms with Gasteiger partial charge in [0.1, 0.15) is 10.4 Å². The third-order valence-corrected chi connectivity index (χ3v) is 3.59. The van der Waals surface area contributed by atoms with E-state index >= 15 is 0 Å². The first-order valence-corrected chi connectivity index (χ1v) is 6.50. The van der Waals surface area contributed by atoms with Crippen LogP contribution in [0.15, 0.2) is 22.8 Å². The third kappa shape index (κ3) is 2.74. The van der Waals surface area contributed by atoms with Crippen LogP contribution in [0.5, 0.6) is 0 Å². The average Bonchev–Trinajstić information content (AvgIpc) is 2.29. The maximum atomic E-state index is 4.51. The standard InChI is InChI=1S/C12H18BrN3/c1-15(2)10-5-4-8-16(9-10)12-7-3-6-11(13)14-12/h3,6-7,10H,4-5,8-9H2,1-2H3. The summed E-state index contributed by atoms with van der Waals surface area (Å²) in [7, 11) is 4.31. The number of piperidine rings is 1. The second kappa shape index (κ2) is 5.15. The quantitative estimate of drug-likeness (QED) is 0.777. The Morgan fingerprint density at radius 3 is 2.94 bits per heavy atom. The number of aromatic nitrogens is 1. The third-order valence-electron chi connectivity index (χ3n) is 3.15. The van der Waals surface area contributed by atoms with Gasteiger partial charge in [-0.3, -0.25) is 0 Å². The molecule has 1 atom stereocenters. The molecule has 1 saturated heterocycles. The summed E-state index contributed by atoms with van der Waals surface area (Å²) >= 11 is 3.42. The predicted molar refractivity (Wildman–Crippen MR) is 70.9 cm³/mol. The van der Waals surface area contributed by atoms with E-state index in [1.165, 1.54) is 12.8 Å². The summed E-state index contributed by atoms with van der Waals surface area (Å²) < 4.78 is 0.914. The molecule has 3 nitrogen and oxygen atoms in total. The van der Waals surface area contributed by atoms with E-state index in [0.29, 0.717) is 6.04 Å². The van der Waals surface area contributed by atoms with Gasteiger partial charge >= 0.3 is 0 Å². The Labute approximate surface area is 106 Å². The lowest BCUT2D eigenvalue weighted by atomic mass is 10.1. The van der Waals surface area contributed by atoms with Crippen molar-refractivity contribution in [3.63, 3.8) is 0 Å².